The summed E-state index contributed by atoms with van der Waals surface area (Å²) in [5.74, 6) is 0. The number of halogens is 3. The quantitative estimate of drug-likeness (QED) is 0.449. The van der Waals surface area contributed by atoms with Crippen molar-refractivity contribution in [2.24, 2.45) is 0 Å². The Labute approximate surface area is 142 Å². The molecule has 0 radical (unpaired) electrons. The Morgan fingerprint density at radius 2 is 1.56 bits per heavy atom. The van der Waals surface area contributed by atoms with E-state index in [1.807, 2.05) is 0 Å². The van der Waals surface area contributed by atoms with Gasteiger partial charge in [0.2, 0.25) is 0 Å². The third-order valence-electron chi connectivity index (χ3n) is 3.47. The van der Waals surface area contributed by atoms with Crippen LogP contribution in [0, 0.1) is 0 Å². The summed E-state index contributed by atoms with van der Waals surface area (Å²) in [6, 6.07) is 0. The molecule has 0 spiro atoms. The minimum Gasteiger partial charge on any atom is -1.00 e. The number of nitrogens with zero attached hydrogens (tertiary/aromatic N) is 1. The summed E-state index contributed by atoms with van der Waals surface area (Å²) in [6.45, 7) is 12.6. The smallest absolute Gasteiger partial charge is 1.00 e. The molecule has 0 saturated carbocycles. The maximum Gasteiger partial charge on any atom is -1.00 e. The van der Waals surface area contributed by atoms with Crippen molar-refractivity contribution in [1.29, 1.82) is 0 Å². The zero-order valence-corrected chi connectivity index (χ0v) is 15.4. The fourth-order valence-electron chi connectivity index (χ4n) is 2.07. The molecule has 104 valence electrons. The first-order valence-electron chi connectivity index (χ1n) is 5.92. The van der Waals surface area contributed by atoms with Crippen molar-refractivity contribution in [2.75, 3.05) is 19.6 Å². The second-order valence-corrected chi connectivity index (χ2v) is 5.12. The molecule has 1 aliphatic carbocycles. The summed E-state index contributed by atoms with van der Waals surface area (Å²) in [5.41, 5.74) is 4.77. The minimum atomic E-state index is 0. The van der Waals surface area contributed by atoms with Crippen molar-refractivity contribution < 1.29 is 57.7 Å². The molecule has 0 amide bonds. The molecule has 0 aromatic rings. The summed E-state index contributed by atoms with van der Waals surface area (Å²) < 4.78 is 1.56. The summed E-state index contributed by atoms with van der Waals surface area (Å²) in [7, 11) is 0. The van der Waals surface area contributed by atoms with Gasteiger partial charge in [-0.15, -0.1) is 0 Å². The average molecular weight is 347 g/mol. The summed E-state index contributed by atoms with van der Waals surface area (Å²) in [5, 5.41) is 0. The van der Waals surface area contributed by atoms with E-state index in [0.717, 1.165) is 0 Å². The summed E-state index contributed by atoms with van der Waals surface area (Å²) >= 11 is 2.28. The largest absolute Gasteiger partial charge is 1.00 e. The van der Waals surface area contributed by atoms with E-state index < -0.39 is 0 Å². The molecule has 0 N–H and O–H groups in total. The normalized spacial score (nSPS) is 14.4. The van der Waals surface area contributed by atoms with Gasteiger partial charge in [-0.1, -0.05) is 0 Å². The van der Waals surface area contributed by atoms with Gasteiger partial charge in [-0.05, 0) is 0 Å². The standard InChI is InChI=1S/C13H22N.3ClH.Ti/c1-5-14(6-2)8-7-13-9-11(3)12(4)10-13;;;;/h5-9H2,1-4H3;3*1H;/q;;;;+3/p-3. The van der Waals surface area contributed by atoms with Gasteiger partial charge in [-0.25, -0.2) is 0 Å². The number of hydrogen-bond acceptors (Lipinski definition) is 1. The van der Waals surface area contributed by atoms with E-state index in [1.165, 1.54) is 38.0 Å². The molecule has 0 bridgehead atoms. The third kappa shape index (κ3) is 6.45. The molecule has 1 rings (SSSR count). The minimum absolute atomic E-state index is 0. The van der Waals surface area contributed by atoms with Gasteiger partial charge in [0.15, 0.2) is 0 Å². The Morgan fingerprint density at radius 1 is 1.06 bits per heavy atom. The van der Waals surface area contributed by atoms with Crippen LogP contribution in [-0.2, 0) is 20.4 Å². The van der Waals surface area contributed by atoms with Gasteiger partial charge in [0.05, 0.1) is 0 Å². The van der Waals surface area contributed by atoms with E-state index in [2.05, 4.69) is 53.0 Å². The Morgan fingerprint density at radius 3 is 1.89 bits per heavy atom. The van der Waals surface area contributed by atoms with Gasteiger partial charge < -0.3 is 37.2 Å². The molecule has 18 heavy (non-hydrogen) atoms. The van der Waals surface area contributed by atoms with Crippen LogP contribution >= 0.6 is 0 Å². The average Bonchev–Trinajstić information content (AvgIpc) is 2.48. The van der Waals surface area contributed by atoms with Gasteiger partial charge in [-0.3, -0.25) is 0 Å². The summed E-state index contributed by atoms with van der Waals surface area (Å²) in [4.78, 5) is 2.50. The van der Waals surface area contributed by atoms with E-state index in [-0.39, 0.29) is 37.2 Å². The zero-order chi connectivity index (χ0) is 11.4. The Kier molecular flexibility index (Phi) is 15.8. The van der Waals surface area contributed by atoms with Crippen LogP contribution < -0.4 is 37.2 Å². The molecule has 1 aliphatic rings. The second-order valence-electron chi connectivity index (χ2n) is 4.34. The molecule has 0 unspecified atom stereocenters. The van der Waals surface area contributed by atoms with Crippen LogP contribution in [0.25, 0.3) is 0 Å². The molecule has 0 fully saturated rings. The maximum atomic E-state index is 2.50. The zero-order valence-electron chi connectivity index (χ0n) is 11.6. The number of rotatable bonds is 5. The molecule has 0 aromatic heterocycles. The van der Waals surface area contributed by atoms with E-state index in [0.29, 0.717) is 0 Å². The van der Waals surface area contributed by atoms with Crippen LogP contribution in [0.5, 0.6) is 0 Å². The predicted octanol–water partition coefficient (Wildman–Crippen LogP) is -5.73. The topological polar surface area (TPSA) is 3.24 Å². The molecule has 0 aromatic carbocycles. The van der Waals surface area contributed by atoms with Gasteiger partial charge in [0.25, 0.3) is 0 Å². The monoisotopic (exact) mass is 345 g/mol. The Hall–Kier alpha value is 1.02. The van der Waals surface area contributed by atoms with E-state index in [1.54, 1.807) is 15.0 Å². The van der Waals surface area contributed by atoms with Crippen LogP contribution in [0.1, 0.15) is 40.5 Å². The molecule has 0 heterocycles. The van der Waals surface area contributed by atoms with Crippen molar-refractivity contribution in [3.8, 4) is 0 Å². The van der Waals surface area contributed by atoms with Crippen molar-refractivity contribution >= 4 is 0 Å². The van der Waals surface area contributed by atoms with Crippen LogP contribution in [-0.4, -0.2) is 24.5 Å². The molecule has 0 atom stereocenters. The first-order chi connectivity index (χ1) is 7.10. The molecule has 5 heteroatoms. The second kappa shape index (κ2) is 11.8. The van der Waals surface area contributed by atoms with Gasteiger partial charge in [0.1, 0.15) is 0 Å². The van der Waals surface area contributed by atoms with E-state index in [4.69, 9.17) is 0 Å². The van der Waals surface area contributed by atoms with Crippen molar-refractivity contribution in [3.05, 3.63) is 20.6 Å². The van der Waals surface area contributed by atoms with Crippen molar-refractivity contribution in [3.63, 3.8) is 0 Å². The number of allylic oxidation sites excluding steroid dienone is 3. The van der Waals surface area contributed by atoms with Gasteiger partial charge in [-0.2, -0.15) is 0 Å². The van der Waals surface area contributed by atoms with E-state index in [9.17, 15) is 0 Å². The number of hydrogen-bond donors (Lipinski definition) is 0. The fraction of sp³-hybridized carbons (Fsp3) is 0.692. The van der Waals surface area contributed by atoms with Crippen LogP contribution in [0.2, 0.25) is 0 Å². The molecule has 1 nitrogen and oxygen atoms in total. The van der Waals surface area contributed by atoms with Gasteiger partial charge in [0, 0.05) is 0 Å². The molecular weight excluding hydrogens is 324 g/mol. The molecule has 0 saturated heterocycles. The molecule has 0 aliphatic heterocycles. The summed E-state index contributed by atoms with van der Waals surface area (Å²) in [6.07, 6.45) is 2.47. The van der Waals surface area contributed by atoms with Crippen LogP contribution in [0.4, 0.5) is 0 Å². The SMILES string of the molecule is CCN(CC)CCC1=[C]([Ti+3])C(C)=C(C)C1.[Cl-].[Cl-].[Cl-]. The Balaban J connectivity index is -0.000000750. The van der Waals surface area contributed by atoms with E-state index >= 15 is 0 Å². The van der Waals surface area contributed by atoms with Crippen LogP contribution in [0.15, 0.2) is 20.6 Å². The van der Waals surface area contributed by atoms with Crippen LogP contribution in [0.3, 0.4) is 0 Å². The predicted molar refractivity (Wildman–Crippen MR) is 62.4 cm³/mol. The first-order valence-corrected chi connectivity index (χ1v) is 6.70. The van der Waals surface area contributed by atoms with Crippen molar-refractivity contribution in [1.82, 2.24) is 4.90 Å². The third-order valence-corrected chi connectivity index (χ3v) is 4.61. The maximum absolute atomic E-state index is 2.50. The van der Waals surface area contributed by atoms with Crippen molar-refractivity contribution in [2.45, 2.75) is 40.5 Å². The van der Waals surface area contributed by atoms with Gasteiger partial charge >= 0.3 is 106 Å². The fourth-order valence-corrected chi connectivity index (χ4v) is 2.73. The Bertz CT molecular complexity index is 297. The first kappa shape index (κ1) is 24.1. The molecular formula is C13H22Cl3NTi.